The number of rotatable bonds is 3. The van der Waals surface area contributed by atoms with Gasteiger partial charge in [-0.1, -0.05) is 0 Å². The average molecular weight is 330 g/mol. The lowest BCUT2D eigenvalue weighted by atomic mass is 10.1. The molecule has 0 aromatic carbocycles. The fourth-order valence-corrected chi connectivity index (χ4v) is 2.82. The van der Waals surface area contributed by atoms with E-state index in [1.807, 2.05) is 0 Å². The molecule has 1 fully saturated rings. The van der Waals surface area contributed by atoms with Crippen LogP contribution >= 0.6 is 23.7 Å². The minimum absolute atomic E-state index is 0. The van der Waals surface area contributed by atoms with Crippen LogP contribution in [0.2, 0.25) is 0 Å². The first-order valence-corrected chi connectivity index (χ1v) is 6.73. The second-order valence-electron chi connectivity index (χ2n) is 4.51. The molecular formula is C11H15ClF3N3OS. The summed E-state index contributed by atoms with van der Waals surface area (Å²) in [6.07, 6.45) is -3.65. The Morgan fingerprint density at radius 1 is 1.60 bits per heavy atom. The number of amides is 1. The predicted molar refractivity (Wildman–Crippen MR) is 71.8 cm³/mol. The Labute approximate surface area is 124 Å². The Kier molecular flexibility index (Phi) is 5.79. The third kappa shape index (κ3) is 4.07. The lowest BCUT2D eigenvalue weighted by Gasteiger charge is -2.19. The van der Waals surface area contributed by atoms with Crippen LogP contribution in [0.1, 0.15) is 17.1 Å². The molecule has 20 heavy (non-hydrogen) atoms. The fourth-order valence-electron chi connectivity index (χ4n) is 1.97. The lowest BCUT2D eigenvalue weighted by Crippen LogP contribution is -2.33. The highest BCUT2D eigenvalue weighted by Crippen LogP contribution is 2.30. The molecule has 1 atom stereocenters. The van der Waals surface area contributed by atoms with Gasteiger partial charge in [0.15, 0.2) is 5.69 Å². The first kappa shape index (κ1) is 17.2. The summed E-state index contributed by atoms with van der Waals surface area (Å²) in [5.74, 6) is -0.124. The zero-order valence-corrected chi connectivity index (χ0v) is 12.4. The molecule has 1 aliphatic heterocycles. The normalized spacial score (nSPS) is 18.7. The molecule has 1 amide bonds. The molecule has 0 spiro atoms. The summed E-state index contributed by atoms with van der Waals surface area (Å²) < 4.78 is 37.2. The van der Waals surface area contributed by atoms with E-state index in [0.717, 1.165) is 29.7 Å². The Hall–Kier alpha value is -0.860. The number of hydrogen-bond acceptors (Lipinski definition) is 4. The molecule has 1 saturated heterocycles. The van der Waals surface area contributed by atoms with E-state index in [1.165, 1.54) is 4.90 Å². The van der Waals surface area contributed by atoms with Gasteiger partial charge in [-0.25, -0.2) is 4.98 Å². The molecule has 0 saturated carbocycles. The van der Waals surface area contributed by atoms with E-state index in [4.69, 9.17) is 0 Å². The Morgan fingerprint density at radius 3 is 2.80 bits per heavy atom. The summed E-state index contributed by atoms with van der Waals surface area (Å²) in [5, 5.41) is 4.36. The minimum Gasteiger partial charge on any atom is -0.339 e. The van der Waals surface area contributed by atoms with Gasteiger partial charge in [0.25, 0.3) is 0 Å². The van der Waals surface area contributed by atoms with Gasteiger partial charge in [0.2, 0.25) is 5.91 Å². The number of carbonyl (C=O) groups is 1. The Bertz CT molecular complexity index is 460. The molecule has 1 aromatic heterocycles. The molecule has 1 aromatic rings. The van der Waals surface area contributed by atoms with Crippen LogP contribution in [0.25, 0.3) is 0 Å². The number of halogens is 4. The van der Waals surface area contributed by atoms with Crippen LogP contribution in [0.15, 0.2) is 5.38 Å². The first-order chi connectivity index (χ1) is 8.88. The van der Waals surface area contributed by atoms with E-state index < -0.39 is 11.9 Å². The zero-order valence-electron chi connectivity index (χ0n) is 10.7. The summed E-state index contributed by atoms with van der Waals surface area (Å²) in [6.45, 7) is 1.56. The third-order valence-corrected chi connectivity index (χ3v) is 3.83. The average Bonchev–Trinajstić information content (AvgIpc) is 2.97. The van der Waals surface area contributed by atoms with Crippen LogP contribution in [0.4, 0.5) is 13.2 Å². The van der Waals surface area contributed by atoms with Crippen molar-refractivity contribution >= 4 is 29.7 Å². The monoisotopic (exact) mass is 329 g/mol. The first-order valence-electron chi connectivity index (χ1n) is 5.85. The van der Waals surface area contributed by atoms with Gasteiger partial charge in [-0.3, -0.25) is 4.79 Å². The van der Waals surface area contributed by atoms with E-state index in [-0.39, 0.29) is 30.8 Å². The molecule has 0 aliphatic carbocycles. The summed E-state index contributed by atoms with van der Waals surface area (Å²) in [6, 6.07) is 0. The van der Waals surface area contributed by atoms with E-state index in [9.17, 15) is 18.0 Å². The van der Waals surface area contributed by atoms with Crippen molar-refractivity contribution in [2.24, 2.45) is 5.92 Å². The van der Waals surface area contributed by atoms with Crippen molar-refractivity contribution in [3.8, 4) is 0 Å². The van der Waals surface area contributed by atoms with E-state index in [0.29, 0.717) is 11.6 Å². The topological polar surface area (TPSA) is 45.2 Å². The SMILES string of the molecule is CN(Cc1nc(C(F)(F)F)cs1)C(=O)C1CCNC1.Cl. The van der Waals surface area contributed by atoms with Crippen LogP contribution in [-0.4, -0.2) is 35.9 Å². The molecule has 0 radical (unpaired) electrons. The summed E-state index contributed by atoms with van der Waals surface area (Å²) >= 11 is 0.924. The van der Waals surface area contributed by atoms with Crippen molar-refractivity contribution in [1.82, 2.24) is 15.2 Å². The maximum atomic E-state index is 12.4. The second kappa shape index (κ2) is 6.73. The number of thiazole rings is 1. The van der Waals surface area contributed by atoms with Gasteiger partial charge in [0.1, 0.15) is 5.01 Å². The Morgan fingerprint density at radius 2 is 2.30 bits per heavy atom. The molecule has 9 heteroatoms. The quantitative estimate of drug-likeness (QED) is 0.924. The number of alkyl halides is 3. The van der Waals surface area contributed by atoms with Crippen molar-refractivity contribution in [2.75, 3.05) is 20.1 Å². The van der Waals surface area contributed by atoms with E-state index in [2.05, 4.69) is 10.3 Å². The smallest absolute Gasteiger partial charge is 0.339 e. The van der Waals surface area contributed by atoms with Crippen LogP contribution < -0.4 is 5.32 Å². The third-order valence-electron chi connectivity index (χ3n) is 3.00. The number of nitrogens with zero attached hydrogens (tertiary/aromatic N) is 2. The van der Waals surface area contributed by atoms with Gasteiger partial charge >= 0.3 is 6.18 Å². The molecule has 2 rings (SSSR count). The van der Waals surface area contributed by atoms with Crippen molar-refractivity contribution in [3.63, 3.8) is 0 Å². The maximum absolute atomic E-state index is 12.4. The second-order valence-corrected chi connectivity index (χ2v) is 5.45. The maximum Gasteiger partial charge on any atom is 0.434 e. The van der Waals surface area contributed by atoms with Crippen LogP contribution in [0.5, 0.6) is 0 Å². The van der Waals surface area contributed by atoms with Crippen LogP contribution in [0, 0.1) is 5.92 Å². The zero-order chi connectivity index (χ0) is 14.0. The molecule has 1 N–H and O–H groups in total. The molecule has 1 unspecified atom stereocenters. The van der Waals surface area contributed by atoms with Gasteiger partial charge in [-0.05, 0) is 13.0 Å². The van der Waals surface area contributed by atoms with Crippen LogP contribution in [0.3, 0.4) is 0 Å². The lowest BCUT2D eigenvalue weighted by molar-refractivity contribution is -0.140. The number of aromatic nitrogens is 1. The molecule has 2 heterocycles. The molecule has 0 bridgehead atoms. The standard InChI is InChI=1S/C11H14F3N3OS.ClH/c1-17(10(18)7-2-3-15-4-7)5-9-16-8(6-19-9)11(12,13)14;/h6-7,15H,2-5H2,1H3;1H. The Balaban J connectivity index is 0.00000200. The van der Waals surface area contributed by atoms with Gasteiger partial charge in [-0.15, -0.1) is 23.7 Å². The summed E-state index contributed by atoms with van der Waals surface area (Å²) in [7, 11) is 1.59. The van der Waals surface area contributed by atoms with E-state index >= 15 is 0 Å². The molecule has 1 aliphatic rings. The van der Waals surface area contributed by atoms with Crippen molar-refractivity contribution < 1.29 is 18.0 Å². The van der Waals surface area contributed by atoms with Gasteiger partial charge in [0, 0.05) is 19.0 Å². The predicted octanol–water partition coefficient (Wildman–Crippen LogP) is 2.15. The highest BCUT2D eigenvalue weighted by Gasteiger charge is 2.34. The van der Waals surface area contributed by atoms with Crippen molar-refractivity contribution in [1.29, 1.82) is 0 Å². The van der Waals surface area contributed by atoms with Crippen molar-refractivity contribution in [2.45, 2.75) is 19.1 Å². The number of hydrogen-bond donors (Lipinski definition) is 1. The summed E-state index contributed by atoms with van der Waals surface area (Å²) in [5.41, 5.74) is -0.893. The fraction of sp³-hybridized carbons (Fsp3) is 0.636. The molecular weight excluding hydrogens is 315 g/mol. The summed E-state index contributed by atoms with van der Waals surface area (Å²) in [4.78, 5) is 16.9. The van der Waals surface area contributed by atoms with Gasteiger partial charge in [0.05, 0.1) is 12.5 Å². The van der Waals surface area contributed by atoms with Crippen molar-refractivity contribution in [3.05, 3.63) is 16.1 Å². The highest BCUT2D eigenvalue weighted by molar-refractivity contribution is 7.09. The minimum atomic E-state index is -4.42. The highest BCUT2D eigenvalue weighted by atomic mass is 35.5. The number of carbonyl (C=O) groups excluding carboxylic acids is 1. The van der Waals surface area contributed by atoms with Crippen LogP contribution in [-0.2, 0) is 17.5 Å². The van der Waals surface area contributed by atoms with Gasteiger partial charge in [-0.2, -0.15) is 13.2 Å². The number of nitrogens with one attached hydrogen (secondary N) is 1. The largest absolute Gasteiger partial charge is 0.434 e. The molecule has 114 valence electrons. The van der Waals surface area contributed by atoms with Gasteiger partial charge < -0.3 is 10.2 Å². The van der Waals surface area contributed by atoms with E-state index in [1.54, 1.807) is 7.05 Å². The molecule has 4 nitrogen and oxygen atoms in total.